The summed E-state index contributed by atoms with van der Waals surface area (Å²) < 4.78 is 59.0. The zero-order chi connectivity index (χ0) is 22.6. The Balaban J connectivity index is 1.36. The summed E-state index contributed by atoms with van der Waals surface area (Å²) in [5.41, 5.74) is 1.09. The van der Waals surface area contributed by atoms with Gasteiger partial charge in [-0.2, -0.15) is 15.0 Å². The third-order valence-electron chi connectivity index (χ3n) is 4.58. The topological polar surface area (TPSA) is 78.3 Å². The van der Waals surface area contributed by atoms with Gasteiger partial charge >= 0.3 is 6.36 Å². The maximum absolute atomic E-state index is 13.3. The molecule has 3 rings (SSSR count). The molecule has 1 aliphatic carbocycles. The Labute approximate surface area is 180 Å². The molecular formula is C19H19ClF4N4O3. The molecule has 1 N–H and O–H groups in total. The first-order valence-corrected chi connectivity index (χ1v) is 9.67. The lowest BCUT2D eigenvalue weighted by atomic mass is 9.90. The molecule has 0 radical (unpaired) electrons. The lowest BCUT2D eigenvalue weighted by Gasteiger charge is -2.34. The first-order chi connectivity index (χ1) is 14.6. The molecule has 1 aromatic heterocycles. The quantitative estimate of drug-likeness (QED) is 0.572. The van der Waals surface area contributed by atoms with Gasteiger partial charge in [-0.05, 0) is 37.0 Å². The highest BCUT2D eigenvalue weighted by atomic mass is 35.5. The van der Waals surface area contributed by atoms with Crippen LogP contribution in [0, 0.1) is 5.82 Å². The Morgan fingerprint density at radius 3 is 2.77 bits per heavy atom. The second-order valence-electron chi connectivity index (χ2n) is 6.93. The number of halogens is 5. The van der Waals surface area contributed by atoms with Crippen LogP contribution in [0.5, 0.6) is 5.75 Å². The van der Waals surface area contributed by atoms with Crippen molar-refractivity contribution in [2.75, 3.05) is 13.2 Å². The van der Waals surface area contributed by atoms with Crippen LogP contribution in [0.1, 0.15) is 31.0 Å². The molecule has 0 spiro atoms. The van der Waals surface area contributed by atoms with Crippen molar-refractivity contribution in [3.05, 3.63) is 47.5 Å². The normalized spacial score (nSPS) is 18.4. The van der Waals surface area contributed by atoms with Gasteiger partial charge in [-0.3, -0.25) is 9.53 Å². The number of amides is 1. The summed E-state index contributed by atoms with van der Waals surface area (Å²) in [7, 11) is 0. The zero-order valence-electron chi connectivity index (χ0n) is 16.2. The van der Waals surface area contributed by atoms with Gasteiger partial charge in [0.05, 0.1) is 23.4 Å². The van der Waals surface area contributed by atoms with Crippen LogP contribution in [0.4, 0.5) is 17.6 Å². The molecule has 1 amide bonds. The smallest absolute Gasteiger partial charge is 0.484 e. The summed E-state index contributed by atoms with van der Waals surface area (Å²) in [4.78, 5) is 13.2. The van der Waals surface area contributed by atoms with Gasteiger partial charge in [0.2, 0.25) is 0 Å². The minimum absolute atomic E-state index is 0.0426. The van der Waals surface area contributed by atoms with E-state index in [0.717, 1.165) is 6.07 Å². The van der Waals surface area contributed by atoms with Crippen molar-refractivity contribution < 1.29 is 31.8 Å². The Bertz CT molecular complexity index is 944. The van der Waals surface area contributed by atoms with Gasteiger partial charge in [0, 0.05) is 12.6 Å². The van der Waals surface area contributed by atoms with Crippen molar-refractivity contribution >= 4 is 23.1 Å². The molecule has 0 aliphatic heterocycles. The number of aromatic nitrogens is 3. The first-order valence-electron chi connectivity index (χ1n) is 9.30. The monoisotopic (exact) mass is 462 g/mol. The van der Waals surface area contributed by atoms with Gasteiger partial charge in [-0.15, -0.1) is 13.2 Å². The molecule has 0 saturated heterocycles. The Morgan fingerprint density at radius 2 is 2.10 bits per heavy atom. The molecule has 168 valence electrons. The number of nitrogens with zero attached hydrogens (tertiary/aromatic N) is 3. The summed E-state index contributed by atoms with van der Waals surface area (Å²) >= 11 is 5.58. The van der Waals surface area contributed by atoms with Crippen LogP contribution in [-0.2, 0) is 9.53 Å². The highest BCUT2D eigenvalue weighted by Crippen LogP contribution is 2.37. The summed E-state index contributed by atoms with van der Waals surface area (Å²) in [6, 6.07) is 3.60. The first kappa shape index (κ1) is 23.0. The summed E-state index contributed by atoms with van der Waals surface area (Å²) in [6.45, 7) is 3.85. The molecule has 1 aliphatic rings. The highest BCUT2D eigenvalue weighted by molar-refractivity contribution is 6.30. The maximum Gasteiger partial charge on any atom is 0.522 e. The largest absolute Gasteiger partial charge is 0.522 e. The number of nitrogens with one attached hydrogen (secondary N) is 1. The fraction of sp³-hybridized carbons (Fsp3) is 0.421. The van der Waals surface area contributed by atoms with Crippen LogP contribution < -0.4 is 10.1 Å². The number of carbonyl (C=O) groups is 1. The Kier molecular flexibility index (Phi) is 7.16. The van der Waals surface area contributed by atoms with E-state index in [9.17, 15) is 22.4 Å². The van der Waals surface area contributed by atoms with Gasteiger partial charge < -0.3 is 10.1 Å². The number of ether oxygens (including phenoxy) is 2. The number of hydrogen-bond donors (Lipinski definition) is 1. The maximum atomic E-state index is 13.3. The molecule has 1 heterocycles. The van der Waals surface area contributed by atoms with E-state index in [1.54, 1.807) is 0 Å². The van der Waals surface area contributed by atoms with Crippen molar-refractivity contribution in [2.45, 2.75) is 37.8 Å². The van der Waals surface area contributed by atoms with E-state index in [4.69, 9.17) is 16.3 Å². The molecule has 1 aromatic carbocycles. The fourth-order valence-electron chi connectivity index (χ4n) is 2.87. The third kappa shape index (κ3) is 6.66. The van der Waals surface area contributed by atoms with E-state index >= 15 is 0 Å². The zero-order valence-corrected chi connectivity index (χ0v) is 16.9. The molecule has 1 saturated carbocycles. The number of carbonyl (C=O) groups excluding carboxylic acids is 1. The second-order valence-corrected chi connectivity index (χ2v) is 7.34. The van der Waals surface area contributed by atoms with Crippen molar-refractivity contribution in [3.8, 4) is 5.75 Å². The van der Waals surface area contributed by atoms with Crippen molar-refractivity contribution in [3.63, 3.8) is 0 Å². The van der Waals surface area contributed by atoms with Crippen LogP contribution in [0.15, 0.2) is 31.0 Å². The van der Waals surface area contributed by atoms with E-state index in [1.165, 1.54) is 23.1 Å². The van der Waals surface area contributed by atoms with Crippen LogP contribution in [-0.4, -0.2) is 46.5 Å². The molecule has 31 heavy (non-hydrogen) atoms. The Hall–Kier alpha value is -2.66. The summed E-state index contributed by atoms with van der Waals surface area (Å²) in [5, 5.41) is 10.9. The highest BCUT2D eigenvalue weighted by Gasteiger charge is 2.41. The van der Waals surface area contributed by atoms with Crippen LogP contribution in [0.3, 0.4) is 0 Å². The summed E-state index contributed by atoms with van der Waals surface area (Å²) in [5.74, 6) is -0.872. The molecule has 0 unspecified atom stereocenters. The lowest BCUT2D eigenvalue weighted by Crippen LogP contribution is -2.38. The average Bonchev–Trinajstić information content (AvgIpc) is 3.14. The van der Waals surface area contributed by atoms with Crippen molar-refractivity contribution in [2.24, 2.45) is 0 Å². The molecule has 2 aromatic rings. The predicted molar refractivity (Wildman–Crippen MR) is 103 cm³/mol. The van der Waals surface area contributed by atoms with Crippen molar-refractivity contribution in [1.29, 1.82) is 0 Å². The molecule has 7 nitrogen and oxygen atoms in total. The van der Waals surface area contributed by atoms with Gasteiger partial charge in [0.1, 0.15) is 17.3 Å². The number of benzene rings is 1. The molecule has 0 bridgehead atoms. The van der Waals surface area contributed by atoms with E-state index in [1.807, 2.05) is 0 Å². The van der Waals surface area contributed by atoms with Gasteiger partial charge in [0.15, 0.2) is 6.61 Å². The van der Waals surface area contributed by atoms with Crippen LogP contribution in [0.2, 0.25) is 5.02 Å². The van der Waals surface area contributed by atoms with E-state index in [-0.39, 0.29) is 42.8 Å². The van der Waals surface area contributed by atoms with Gasteiger partial charge in [-0.1, -0.05) is 18.2 Å². The van der Waals surface area contributed by atoms with Crippen molar-refractivity contribution in [1.82, 2.24) is 20.3 Å². The predicted octanol–water partition coefficient (Wildman–Crippen LogP) is 3.91. The fourth-order valence-corrected chi connectivity index (χ4v) is 2.99. The molecule has 0 atom stereocenters. The minimum atomic E-state index is -4.65. The Morgan fingerprint density at radius 1 is 1.35 bits per heavy atom. The SMILES string of the molecule is C=C(CCNC(=O)COc1ccc(Cl)c(F)c1)c1cnn(C2CC(OC(F)(F)F)C2)n1. The van der Waals surface area contributed by atoms with E-state index in [2.05, 4.69) is 26.8 Å². The molecule has 1 fully saturated rings. The van der Waals surface area contributed by atoms with Crippen LogP contribution >= 0.6 is 11.6 Å². The number of alkyl halides is 3. The van der Waals surface area contributed by atoms with Crippen LogP contribution in [0.25, 0.3) is 5.57 Å². The van der Waals surface area contributed by atoms with Gasteiger partial charge in [0.25, 0.3) is 5.91 Å². The second kappa shape index (κ2) is 9.65. The van der Waals surface area contributed by atoms with Gasteiger partial charge in [-0.25, -0.2) is 4.39 Å². The third-order valence-corrected chi connectivity index (χ3v) is 4.88. The van der Waals surface area contributed by atoms with E-state index < -0.39 is 24.2 Å². The minimum Gasteiger partial charge on any atom is -0.484 e. The average molecular weight is 463 g/mol. The number of hydrogen-bond acceptors (Lipinski definition) is 5. The lowest BCUT2D eigenvalue weighted by molar-refractivity contribution is -0.353. The standard InChI is InChI=1S/C19H19ClF4N4O3/c1-11(4-5-25-18(29)10-30-13-2-3-15(20)16(21)8-13)17-9-26-28(27-17)12-6-14(7-12)31-19(22,23)24/h2-3,8-9,12,14H,1,4-7,10H2,(H,25,29). The molecule has 12 heteroatoms. The number of rotatable bonds is 9. The van der Waals surface area contributed by atoms with E-state index in [0.29, 0.717) is 17.7 Å². The molecular weight excluding hydrogens is 444 g/mol. The summed E-state index contributed by atoms with van der Waals surface area (Å²) in [6.07, 6.45) is -3.33.